The van der Waals surface area contributed by atoms with E-state index in [-0.39, 0.29) is 12.3 Å². The van der Waals surface area contributed by atoms with Crippen molar-refractivity contribution in [2.75, 3.05) is 0 Å². The van der Waals surface area contributed by atoms with E-state index in [0.717, 1.165) is 5.56 Å². The number of carbonyl (C=O) groups excluding carboxylic acids is 1. The lowest BCUT2D eigenvalue weighted by atomic mass is 10.1. The van der Waals surface area contributed by atoms with Crippen molar-refractivity contribution >= 4 is 11.7 Å². The molecule has 0 atom stereocenters. The van der Waals surface area contributed by atoms with Crippen molar-refractivity contribution in [2.45, 2.75) is 13.5 Å². The molecule has 20 heavy (non-hydrogen) atoms. The summed E-state index contributed by atoms with van der Waals surface area (Å²) >= 11 is 0. The van der Waals surface area contributed by atoms with Gasteiger partial charge in [0.25, 0.3) is 5.69 Å². The standard InChI is InChI=1S/C15H13NO4/c1-11-6-5-9-14(16(18)19)13(11)10-20-15(17)12-7-3-2-4-8-12/h2-9H,10H2,1H3. The van der Waals surface area contributed by atoms with Gasteiger partial charge in [-0.1, -0.05) is 30.3 Å². The molecule has 0 aliphatic carbocycles. The van der Waals surface area contributed by atoms with E-state index >= 15 is 0 Å². The van der Waals surface area contributed by atoms with Crippen LogP contribution in [0.2, 0.25) is 0 Å². The van der Waals surface area contributed by atoms with Gasteiger partial charge in [0, 0.05) is 6.07 Å². The van der Waals surface area contributed by atoms with Crippen LogP contribution in [0.1, 0.15) is 21.5 Å². The number of hydrogen-bond acceptors (Lipinski definition) is 4. The van der Waals surface area contributed by atoms with Gasteiger partial charge in [-0.25, -0.2) is 4.79 Å². The third-order valence-electron chi connectivity index (χ3n) is 2.94. The van der Waals surface area contributed by atoms with E-state index in [4.69, 9.17) is 4.74 Å². The Bertz CT molecular complexity index is 638. The molecule has 0 saturated heterocycles. The van der Waals surface area contributed by atoms with Crippen molar-refractivity contribution in [3.05, 3.63) is 75.3 Å². The summed E-state index contributed by atoms with van der Waals surface area (Å²) in [7, 11) is 0. The first-order valence-electron chi connectivity index (χ1n) is 6.04. The Morgan fingerprint density at radius 1 is 1.15 bits per heavy atom. The van der Waals surface area contributed by atoms with E-state index in [2.05, 4.69) is 0 Å². The molecule has 0 amide bonds. The van der Waals surface area contributed by atoms with Gasteiger partial charge >= 0.3 is 5.97 Å². The fourth-order valence-corrected chi connectivity index (χ4v) is 1.84. The van der Waals surface area contributed by atoms with Crippen LogP contribution in [0.3, 0.4) is 0 Å². The highest BCUT2D eigenvalue weighted by molar-refractivity contribution is 5.89. The second kappa shape index (κ2) is 5.97. The average molecular weight is 271 g/mol. The van der Waals surface area contributed by atoms with Crippen LogP contribution in [-0.2, 0) is 11.3 Å². The SMILES string of the molecule is Cc1cccc([N+](=O)[O-])c1COC(=O)c1ccccc1. The maximum absolute atomic E-state index is 11.8. The van der Waals surface area contributed by atoms with E-state index in [1.165, 1.54) is 6.07 Å². The molecule has 0 unspecified atom stereocenters. The number of nitro benzene ring substituents is 1. The van der Waals surface area contributed by atoms with Crippen LogP contribution in [-0.4, -0.2) is 10.9 Å². The highest BCUT2D eigenvalue weighted by Crippen LogP contribution is 2.23. The smallest absolute Gasteiger partial charge is 0.338 e. The number of nitro groups is 1. The zero-order chi connectivity index (χ0) is 14.5. The first-order valence-corrected chi connectivity index (χ1v) is 6.04. The molecule has 0 radical (unpaired) electrons. The van der Waals surface area contributed by atoms with Crippen LogP contribution < -0.4 is 0 Å². The molecule has 0 aromatic heterocycles. The lowest BCUT2D eigenvalue weighted by Crippen LogP contribution is -2.07. The molecular weight excluding hydrogens is 258 g/mol. The molecule has 5 heteroatoms. The Labute approximate surface area is 116 Å². The Morgan fingerprint density at radius 3 is 2.50 bits per heavy atom. The molecule has 0 fully saturated rings. The van der Waals surface area contributed by atoms with Crippen molar-refractivity contribution in [3.8, 4) is 0 Å². The minimum atomic E-state index is -0.497. The van der Waals surface area contributed by atoms with Gasteiger partial charge < -0.3 is 4.74 Å². The van der Waals surface area contributed by atoms with E-state index < -0.39 is 10.9 Å². The first kappa shape index (κ1) is 13.7. The van der Waals surface area contributed by atoms with Crippen molar-refractivity contribution < 1.29 is 14.5 Å². The minimum absolute atomic E-state index is 0.0362. The minimum Gasteiger partial charge on any atom is -0.457 e. The number of ether oxygens (including phenoxy) is 1. The molecule has 0 spiro atoms. The highest BCUT2D eigenvalue weighted by atomic mass is 16.6. The number of rotatable bonds is 4. The summed E-state index contributed by atoms with van der Waals surface area (Å²) in [4.78, 5) is 22.3. The number of esters is 1. The monoisotopic (exact) mass is 271 g/mol. The molecule has 0 N–H and O–H groups in total. The Balaban J connectivity index is 2.16. The Morgan fingerprint density at radius 2 is 1.85 bits per heavy atom. The summed E-state index contributed by atoms with van der Waals surface area (Å²) in [5.74, 6) is -0.497. The number of aryl methyl sites for hydroxylation is 1. The molecule has 102 valence electrons. The zero-order valence-corrected chi connectivity index (χ0v) is 10.9. The molecule has 2 aromatic carbocycles. The molecule has 0 heterocycles. The van der Waals surface area contributed by atoms with Crippen LogP contribution in [0.5, 0.6) is 0 Å². The van der Waals surface area contributed by atoms with Crippen molar-refractivity contribution in [1.29, 1.82) is 0 Å². The van der Waals surface area contributed by atoms with E-state index in [9.17, 15) is 14.9 Å². The van der Waals surface area contributed by atoms with E-state index in [0.29, 0.717) is 11.1 Å². The van der Waals surface area contributed by atoms with Gasteiger partial charge in [0.05, 0.1) is 16.1 Å². The van der Waals surface area contributed by atoms with Crippen LogP contribution in [0.25, 0.3) is 0 Å². The quantitative estimate of drug-likeness (QED) is 0.486. The highest BCUT2D eigenvalue weighted by Gasteiger charge is 2.17. The molecule has 0 bridgehead atoms. The molecule has 0 saturated carbocycles. The van der Waals surface area contributed by atoms with Crippen molar-refractivity contribution in [3.63, 3.8) is 0 Å². The van der Waals surface area contributed by atoms with Crippen LogP contribution in [0.15, 0.2) is 48.5 Å². The molecule has 0 aliphatic heterocycles. The van der Waals surface area contributed by atoms with Gasteiger partial charge in [-0.2, -0.15) is 0 Å². The molecule has 2 rings (SSSR count). The number of hydrogen-bond donors (Lipinski definition) is 0. The third-order valence-corrected chi connectivity index (χ3v) is 2.94. The lowest BCUT2D eigenvalue weighted by molar-refractivity contribution is -0.385. The summed E-state index contributed by atoms with van der Waals surface area (Å²) in [5, 5.41) is 11.0. The fourth-order valence-electron chi connectivity index (χ4n) is 1.84. The lowest BCUT2D eigenvalue weighted by Gasteiger charge is -2.08. The maximum atomic E-state index is 11.8. The second-order valence-electron chi connectivity index (χ2n) is 4.27. The molecule has 2 aromatic rings. The van der Waals surface area contributed by atoms with E-state index in [1.807, 2.05) is 0 Å². The fraction of sp³-hybridized carbons (Fsp3) is 0.133. The van der Waals surface area contributed by atoms with Crippen LogP contribution >= 0.6 is 0 Å². The van der Waals surface area contributed by atoms with Crippen LogP contribution in [0, 0.1) is 17.0 Å². The second-order valence-corrected chi connectivity index (χ2v) is 4.27. The predicted octanol–water partition coefficient (Wildman–Crippen LogP) is 3.26. The summed E-state index contributed by atoms with van der Waals surface area (Å²) in [6, 6.07) is 13.3. The van der Waals surface area contributed by atoms with Crippen molar-refractivity contribution in [2.24, 2.45) is 0 Å². The summed E-state index contributed by atoms with van der Waals surface area (Å²) < 4.78 is 5.14. The molecular formula is C15H13NO4. The third kappa shape index (κ3) is 3.00. The average Bonchev–Trinajstić information content (AvgIpc) is 2.46. The van der Waals surface area contributed by atoms with Crippen LogP contribution in [0.4, 0.5) is 5.69 Å². The van der Waals surface area contributed by atoms with Gasteiger partial charge in [0.2, 0.25) is 0 Å². The number of benzene rings is 2. The largest absolute Gasteiger partial charge is 0.457 e. The van der Waals surface area contributed by atoms with Gasteiger partial charge in [-0.3, -0.25) is 10.1 Å². The predicted molar refractivity (Wildman–Crippen MR) is 73.4 cm³/mol. The molecule has 0 aliphatic rings. The number of nitrogens with zero attached hydrogens (tertiary/aromatic N) is 1. The van der Waals surface area contributed by atoms with Gasteiger partial charge in [-0.05, 0) is 24.6 Å². The maximum Gasteiger partial charge on any atom is 0.338 e. The zero-order valence-electron chi connectivity index (χ0n) is 10.9. The number of carbonyl (C=O) groups is 1. The van der Waals surface area contributed by atoms with Gasteiger partial charge in [0.15, 0.2) is 0 Å². The van der Waals surface area contributed by atoms with Gasteiger partial charge in [0.1, 0.15) is 6.61 Å². The van der Waals surface area contributed by atoms with Gasteiger partial charge in [-0.15, -0.1) is 0 Å². The van der Waals surface area contributed by atoms with E-state index in [1.54, 1.807) is 49.4 Å². The Hall–Kier alpha value is -2.69. The van der Waals surface area contributed by atoms with Crippen molar-refractivity contribution in [1.82, 2.24) is 0 Å². The first-order chi connectivity index (χ1) is 9.59. The summed E-state index contributed by atoms with van der Waals surface area (Å²) in [5.41, 5.74) is 1.52. The molecule has 5 nitrogen and oxygen atoms in total. The summed E-state index contributed by atoms with van der Waals surface area (Å²) in [6.45, 7) is 1.63. The summed E-state index contributed by atoms with van der Waals surface area (Å²) in [6.07, 6.45) is 0. The topological polar surface area (TPSA) is 69.4 Å². The Kier molecular flexibility index (Phi) is 4.10. The normalized spacial score (nSPS) is 10.1.